The topological polar surface area (TPSA) is 89.1 Å². The van der Waals surface area contributed by atoms with Crippen LogP contribution in [0.2, 0.25) is 0 Å². The summed E-state index contributed by atoms with van der Waals surface area (Å²) in [4.78, 5) is 23.9. The lowest BCUT2D eigenvalue weighted by Crippen LogP contribution is -2.17. The summed E-state index contributed by atoms with van der Waals surface area (Å²) in [5.74, 6) is 0.319. The predicted octanol–water partition coefficient (Wildman–Crippen LogP) is 4.92. The van der Waals surface area contributed by atoms with Crippen molar-refractivity contribution >= 4 is 22.8 Å². The molecule has 164 valence electrons. The van der Waals surface area contributed by atoms with Crippen LogP contribution in [0, 0.1) is 0 Å². The molecule has 2 aromatic heterocycles. The Bertz CT molecular complexity index is 1250. The van der Waals surface area contributed by atoms with Gasteiger partial charge in [0, 0.05) is 18.3 Å². The number of anilines is 1. The Morgan fingerprint density at radius 1 is 1.12 bits per heavy atom. The average Bonchev–Trinajstić information content (AvgIpc) is 3.21. The summed E-state index contributed by atoms with van der Waals surface area (Å²) in [6.07, 6.45) is -3.14. The lowest BCUT2D eigenvalue weighted by molar-refractivity contribution is -0.274. The summed E-state index contributed by atoms with van der Waals surface area (Å²) in [7, 11) is 1.31. The first kappa shape index (κ1) is 21.2. The van der Waals surface area contributed by atoms with Crippen molar-refractivity contribution in [3.8, 4) is 17.1 Å². The monoisotopic (exact) mass is 442 g/mol. The van der Waals surface area contributed by atoms with Gasteiger partial charge in [-0.1, -0.05) is 18.2 Å². The number of aromatic nitrogens is 3. The van der Waals surface area contributed by atoms with Gasteiger partial charge in [0.1, 0.15) is 17.4 Å². The summed E-state index contributed by atoms with van der Waals surface area (Å²) >= 11 is 0. The van der Waals surface area contributed by atoms with Crippen molar-refractivity contribution in [2.24, 2.45) is 0 Å². The van der Waals surface area contributed by atoms with Crippen LogP contribution in [0.15, 0.2) is 60.8 Å². The molecule has 10 heteroatoms. The molecule has 2 N–H and O–H groups in total. The number of carbonyl (C=O) groups is 1. The molecule has 2 heterocycles. The predicted molar refractivity (Wildman–Crippen MR) is 111 cm³/mol. The number of halogens is 3. The van der Waals surface area contributed by atoms with Crippen LogP contribution in [0.5, 0.6) is 5.75 Å². The highest BCUT2D eigenvalue weighted by molar-refractivity contribution is 6.02. The molecule has 0 saturated heterocycles. The Labute approximate surface area is 180 Å². The number of hydrogen-bond donors (Lipinski definition) is 2. The third kappa shape index (κ3) is 4.80. The van der Waals surface area contributed by atoms with Crippen LogP contribution in [0.25, 0.3) is 22.4 Å². The second-order valence-electron chi connectivity index (χ2n) is 6.76. The number of aromatic amines is 1. The van der Waals surface area contributed by atoms with Gasteiger partial charge in [0.25, 0.3) is 0 Å². The van der Waals surface area contributed by atoms with E-state index in [1.54, 1.807) is 42.6 Å². The number of esters is 1. The maximum atomic E-state index is 12.4. The van der Waals surface area contributed by atoms with Gasteiger partial charge in [0.2, 0.25) is 0 Å². The number of nitrogens with one attached hydrogen (secondary N) is 2. The highest BCUT2D eigenvalue weighted by Crippen LogP contribution is 2.25. The molecule has 32 heavy (non-hydrogen) atoms. The second kappa shape index (κ2) is 8.58. The first-order chi connectivity index (χ1) is 15.3. The van der Waals surface area contributed by atoms with Crippen molar-refractivity contribution < 1.29 is 27.4 Å². The van der Waals surface area contributed by atoms with Crippen molar-refractivity contribution in [1.82, 2.24) is 15.0 Å². The zero-order valence-electron chi connectivity index (χ0n) is 16.7. The molecule has 0 atom stereocenters. The third-order valence-electron chi connectivity index (χ3n) is 4.57. The maximum absolute atomic E-state index is 12.4. The fraction of sp³-hybridized carbons (Fsp3) is 0.136. The van der Waals surface area contributed by atoms with E-state index in [0.717, 1.165) is 0 Å². The molecule has 0 aliphatic rings. The van der Waals surface area contributed by atoms with Crippen LogP contribution in [0.1, 0.15) is 15.9 Å². The lowest BCUT2D eigenvalue weighted by Gasteiger charge is -2.11. The molecule has 0 saturated carbocycles. The highest BCUT2D eigenvalue weighted by Gasteiger charge is 2.31. The zero-order valence-corrected chi connectivity index (χ0v) is 16.7. The number of rotatable bonds is 6. The molecule has 0 aliphatic heterocycles. The molecule has 0 radical (unpaired) electrons. The minimum atomic E-state index is -4.74. The highest BCUT2D eigenvalue weighted by atomic mass is 19.4. The fourth-order valence-corrected chi connectivity index (χ4v) is 3.13. The molecular formula is C22H17F3N4O3. The number of H-pyrrole nitrogens is 1. The first-order valence-electron chi connectivity index (χ1n) is 9.44. The van der Waals surface area contributed by atoms with Crippen LogP contribution in [-0.2, 0) is 11.3 Å². The van der Waals surface area contributed by atoms with Gasteiger partial charge in [-0.25, -0.2) is 14.8 Å². The van der Waals surface area contributed by atoms with Crippen molar-refractivity contribution in [1.29, 1.82) is 0 Å². The lowest BCUT2D eigenvalue weighted by atomic mass is 10.2. The molecule has 0 aliphatic carbocycles. The van der Waals surface area contributed by atoms with E-state index in [1.165, 1.54) is 25.3 Å². The number of benzene rings is 2. The average molecular weight is 442 g/mol. The van der Waals surface area contributed by atoms with Gasteiger partial charge < -0.3 is 19.8 Å². The van der Waals surface area contributed by atoms with Crippen LogP contribution in [0.4, 0.5) is 19.0 Å². The first-order valence-corrected chi connectivity index (χ1v) is 9.44. The number of alkyl halides is 3. The SMILES string of the molecule is COC(=O)c1cccc2nc(-c3ccc(NCc4cccc(OC(F)(F)F)c4)nc3)[nH]c12. The molecule has 4 aromatic rings. The molecule has 7 nitrogen and oxygen atoms in total. The molecule has 0 fully saturated rings. The number of methoxy groups -OCH3 is 1. The zero-order chi connectivity index (χ0) is 22.7. The molecule has 0 bridgehead atoms. The van der Waals surface area contributed by atoms with E-state index >= 15 is 0 Å². The van der Waals surface area contributed by atoms with E-state index in [9.17, 15) is 18.0 Å². The number of fused-ring (bicyclic) bond motifs is 1. The third-order valence-corrected chi connectivity index (χ3v) is 4.57. The second-order valence-corrected chi connectivity index (χ2v) is 6.76. The van der Waals surface area contributed by atoms with E-state index in [2.05, 4.69) is 25.0 Å². The van der Waals surface area contributed by atoms with E-state index in [-0.39, 0.29) is 12.3 Å². The Balaban J connectivity index is 1.47. The Morgan fingerprint density at radius 2 is 1.94 bits per heavy atom. The largest absolute Gasteiger partial charge is 0.573 e. The number of carbonyl (C=O) groups excluding carboxylic acids is 1. The normalized spacial score (nSPS) is 11.4. The van der Waals surface area contributed by atoms with E-state index in [0.29, 0.717) is 39.4 Å². The number of hydrogen-bond acceptors (Lipinski definition) is 6. The van der Waals surface area contributed by atoms with Crippen molar-refractivity contribution in [3.05, 3.63) is 71.9 Å². The van der Waals surface area contributed by atoms with Gasteiger partial charge in [0.15, 0.2) is 0 Å². The van der Waals surface area contributed by atoms with E-state index in [1.807, 2.05) is 0 Å². The number of imidazole rings is 1. The van der Waals surface area contributed by atoms with Crippen molar-refractivity contribution in [2.75, 3.05) is 12.4 Å². The Hall–Kier alpha value is -4.08. The van der Waals surface area contributed by atoms with Crippen LogP contribution in [0.3, 0.4) is 0 Å². The minimum absolute atomic E-state index is 0.258. The molecule has 0 spiro atoms. The van der Waals surface area contributed by atoms with Gasteiger partial charge in [-0.2, -0.15) is 0 Å². The van der Waals surface area contributed by atoms with Gasteiger partial charge in [0.05, 0.1) is 23.7 Å². The molecule has 4 rings (SSSR count). The van der Waals surface area contributed by atoms with Gasteiger partial charge >= 0.3 is 12.3 Å². The van der Waals surface area contributed by atoms with Crippen LogP contribution >= 0.6 is 0 Å². The number of ether oxygens (including phenoxy) is 2. The summed E-state index contributed by atoms with van der Waals surface area (Å²) in [6.45, 7) is 0.258. The number of nitrogens with zero attached hydrogens (tertiary/aromatic N) is 2. The number of pyridine rings is 1. The minimum Gasteiger partial charge on any atom is -0.465 e. The quantitative estimate of drug-likeness (QED) is 0.412. The smallest absolute Gasteiger partial charge is 0.465 e. The molecule has 2 aromatic carbocycles. The van der Waals surface area contributed by atoms with Gasteiger partial charge in [-0.05, 0) is 42.0 Å². The van der Waals surface area contributed by atoms with Crippen molar-refractivity contribution in [2.45, 2.75) is 12.9 Å². The van der Waals surface area contributed by atoms with E-state index < -0.39 is 12.3 Å². The maximum Gasteiger partial charge on any atom is 0.573 e. The standard InChI is InChI=1S/C22H17F3N4O3/c1-31-21(30)16-6-3-7-17-19(16)29-20(28-17)14-8-9-18(27-12-14)26-11-13-4-2-5-15(10-13)32-22(23,24)25/h2-10,12H,11H2,1H3,(H,26,27)(H,28,29). The molecule has 0 unspecified atom stereocenters. The molecule has 0 amide bonds. The molecular weight excluding hydrogens is 425 g/mol. The summed E-state index contributed by atoms with van der Waals surface area (Å²) in [6, 6.07) is 14.4. The van der Waals surface area contributed by atoms with Crippen LogP contribution < -0.4 is 10.1 Å². The Kier molecular flexibility index (Phi) is 5.67. The van der Waals surface area contributed by atoms with Crippen molar-refractivity contribution in [3.63, 3.8) is 0 Å². The van der Waals surface area contributed by atoms with Gasteiger partial charge in [-0.15, -0.1) is 13.2 Å². The fourth-order valence-electron chi connectivity index (χ4n) is 3.13. The summed E-state index contributed by atoms with van der Waals surface area (Å²) in [5.41, 5.74) is 2.86. The van der Waals surface area contributed by atoms with Gasteiger partial charge in [-0.3, -0.25) is 0 Å². The van der Waals surface area contributed by atoms with E-state index in [4.69, 9.17) is 4.74 Å². The summed E-state index contributed by atoms with van der Waals surface area (Å²) in [5, 5.41) is 3.05. The Morgan fingerprint density at radius 3 is 2.66 bits per heavy atom. The summed E-state index contributed by atoms with van der Waals surface area (Å²) < 4.78 is 45.8. The van der Waals surface area contributed by atoms with Crippen LogP contribution in [-0.4, -0.2) is 34.4 Å². The number of para-hydroxylation sites is 1.